The molecule has 1 heterocycles. The van der Waals surface area contributed by atoms with E-state index in [-0.39, 0.29) is 0 Å². The van der Waals surface area contributed by atoms with Gasteiger partial charge in [0.25, 0.3) is 0 Å². The Kier molecular flexibility index (Phi) is 2.80. The van der Waals surface area contributed by atoms with Gasteiger partial charge in [-0.1, -0.05) is 25.7 Å². The van der Waals surface area contributed by atoms with Crippen molar-refractivity contribution in [3.63, 3.8) is 0 Å². The van der Waals surface area contributed by atoms with Gasteiger partial charge < -0.3 is 0 Å². The van der Waals surface area contributed by atoms with Crippen LogP contribution in [0.2, 0.25) is 0 Å². The first-order chi connectivity index (χ1) is 5.97. The molecule has 1 nitrogen and oxygen atoms in total. The minimum Gasteiger partial charge on any atom is -0.294 e. The molecule has 0 saturated heterocycles. The van der Waals surface area contributed by atoms with Gasteiger partial charge in [-0.2, -0.15) is 0 Å². The Morgan fingerprint density at radius 2 is 1.67 bits per heavy atom. The van der Waals surface area contributed by atoms with Crippen molar-refractivity contribution in [1.29, 1.82) is 0 Å². The van der Waals surface area contributed by atoms with Gasteiger partial charge in [-0.15, -0.1) is 0 Å². The highest BCUT2D eigenvalue weighted by atomic mass is 14.8. The van der Waals surface area contributed by atoms with Crippen LogP contribution in [0.15, 0.2) is 4.99 Å². The fraction of sp³-hybridized carbons (Fsp3) is 0.909. The van der Waals surface area contributed by atoms with E-state index in [1.807, 2.05) is 0 Å². The number of hydrogen-bond acceptors (Lipinski definition) is 1. The van der Waals surface area contributed by atoms with Crippen molar-refractivity contribution >= 4 is 5.71 Å². The third-order valence-electron chi connectivity index (χ3n) is 3.23. The third kappa shape index (κ3) is 1.88. The molecule has 68 valence electrons. The van der Waals surface area contributed by atoms with Gasteiger partial charge in [-0.25, -0.2) is 0 Å². The smallest absolute Gasteiger partial charge is 0.0392 e. The van der Waals surface area contributed by atoms with Gasteiger partial charge in [0, 0.05) is 12.3 Å². The zero-order valence-electron chi connectivity index (χ0n) is 7.89. The lowest BCUT2D eigenvalue weighted by Crippen LogP contribution is -2.10. The summed E-state index contributed by atoms with van der Waals surface area (Å²) in [6, 6.07) is 0. The van der Waals surface area contributed by atoms with Crippen LogP contribution < -0.4 is 0 Å². The Balaban J connectivity index is 1.91. The van der Waals surface area contributed by atoms with Crippen LogP contribution in [0.25, 0.3) is 0 Å². The number of nitrogens with zero attached hydrogens (tertiary/aromatic N) is 1. The van der Waals surface area contributed by atoms with Crippen LogP contribution in [0.5, 0.6) is 0 Å². The van der Waals surface area contributed by atoms with Crippen molar-refractivity contribution < 1.29 is 0 Å². The first kappa shape index (κ1) is 8.28. The van der Waals surface area contributed by atoms with Crippen LogP contribution in [0.4, 0.5) is 0 Å². The summed E-state index contributed by atoms with van der Waals surface area (Å²) in [6.07, 6.45) is 11.3. The van der Waals surface area contributed by atoms with E-state index in [2.05, 4.69) is 4.99 Å². The molecule has 2 aliphatic rings. The van der Waals surface area contributed by atoms with Crippen LogP contribution in [0.3, 0.4) is 0 Å². The van der Waals surface area contributed by atoms with Crippen molar-refractivity contribution in [2.75, 3.05) is 6.54 Å². The largest absolute Gasteiger partial charge is 0.294 e. The average molecular weight is 165 g/mol. The molecule has 1 saturated carbocycles. The third-order valence-corrected chi connectivity index (χ3v) is 3.23. The van der Waals surface area contributed by atoms with Crippen molar-refractivity contribution in [1.82, 2.24) is 0 Å². The SMILES string of the molecule is C1CCCC(C2=NCCC2)CC1. The minimum absolute atomic E-state index is 0.884. The Morgan fingerprint density at radius 3 is 2.25 bits per heavy atom. The summed E-state index contributed by atoms with van der Waals surface area (Å²) >= 11 is 0. The Hall–Kier alpha value is -0.330. The van der Waals surface area contributed by atoms with E-state index in [9.17, 15) is 0 Å². The second kappa shape index (κ2) is 4.06. The van der Waals surface area contributed by atoms with Crippen LogP contribution in [0, 0.1) is 5.92 Å². The first-order valence-corrected chi connectivity index (χ1v) is 5.50. The van der Waals surface area contributed by atoms with E-state index in [1.165, 1.54) is 51.4 Å². The molecule has 0 N–H and O–H groups in total. The second-order valence-electron chi connectivity index (χ2n) is 4.17. The van der Waals surface area contributed by atoms with Crippen LogP contribution in [-0.4, -0.2) is 12.3 Å². The van der Waals surface area contributed by atoms with Gasteiger partial charge in [-0.05, 0) is 31.6 Å². The lowest BCUT2D eigenvalue weighted by atomic mass is 9.93. The number of aliphatic imine (C=N–C) groups is 1. The second-order valence-corrected chi connectivity index (χ2v) is 4.17. The molecular weight excluding hydrogens is 146 g/mol. The normalized spacial score (nSPS) is 26.8. The lowest BCUT2D eigenvalue weighted by Gasteiger charge is -2.13. The molecule has 0 aromatic rings. The zero-order valence-corrected chi connectivity index (χ0v) is 7.89. The molecule has 2 rings (SSSR count). The van der Waals surface area contributed by atoms with E-state index in [4.69, 9.17) is 0 Å². The summed E-state index contributed by atoms with van der Waals surface area (Å²) < 4.78 is 0. The van der Waals surface area contributed by atoms with E-state index in [1.54, 1.807) is 5.71 Å². The molecule has 1 aliphatic carbocycles. The van der Waals surface area contributed by atoms with E-state index >= 15 is 0 Å². The maximum atomic E-state index is 4.62. The standard InChI is InChI=1S/C11H19N/c1-2-4-7-10(6-3-1)11-8-5-9-12-11/h10H,1-9H2. The predicted molar refractivity (Wildman–Crippen MR) is 52.7 cm³/mol. The molecular formula is C11H19N. The summed E-state index contributed by atoms with van der Waals surface area (Å²) in [7, 11) is 0. The van der Waals surface area contributed by atoms with E-state index in [0.29, 0.717) is 0 Å². The highest BCUT2D eigenvalue weighted by Gasteiger charge is 2.19. The van der Waals surface area contributed by atoms with Crippen molar-refractivity contribution in [2.24, 2.45) is 10.9 Å². The first-order valence-electron chi connectivity index (χ1n) is 5.50. The number of hydrogen-bond donors (Lipinski definition) is 0. The highest BCUT2D eigenvalue weighted by molar-refractivity contribution is 5.88. The maximum Gasteiger partial charge on any atom is 0.0392 e. The maximum absolute atomic E-state index is 4.62. The monoisotopic (exact) mass is 165 g/mol. The van der Waals surface area contributed by atoms with Crippen molar-refractivity contribution in [2.45, 2.75) is 51.4 Å². The van der Waals surface area contributed by atoms with Gasteiger partial charge in [0.2, 0.25) is 0 Å². The average Bonchev–Trinajstić information content (AvgIpc) is 2.48. The topological polar surface area (TPSA) is 12.4 Å². The molecule has 0 radical (unpaired) electrons. The molecule has 1 fully saturated rings. The molecule has 1 heteroatoms. The van der Waals surface area contributed by atoms with E-state index < -0.39 is 0 Å². The summed E-state index contributed by atoms with van der Waals surface area (Å²) in [4.78, 5) is 4.62. The van der Waals surface area contributed by atoms with Gasteiger partial charge in [0.05, 0.1) is 0 Å². The fourth-order valence-corrected chi connectivity index (χ4v) is 2.51. The lowest BCUT2D eigenvalue weighted by molar-refractivity contribution is 0.585. The van der Waals surface area contributed by atoms with Gasteiger partial charge in [0.15, 0.2) is 0 Å². The Bertz CT molecular complexity index is 164. The van der Waals surface area contributed by atoms with Crippen LogP contribution >= 0.6 is 0 Å². The van der Waals surface area contributed by atoms with Gasteiger partial charge in [0.1, 0.15) is 0 Å². The summed E-state index contributed by atoms with van der Waals surface area (Å²) in [5, 5.41) is 0. The summed E-state index contributed by atoms with van der Waals surface area (Å²) in [6.45, 7) is 1.12. The van der Waals surface area contributed by atoms with Gasteiger partial charge in [-0.3, -0.25) is 4.99 Å². The summed E-state index contributed by atoms with van der Waals surface area (Å²) in [5.74, 6) is 0.884. The van der Waals surface area contributed by atoms with Crippen LogP contribution in [-0.2, 0) is 0 Å². The molecule has 0 spiro atoms. The molecule has 0 bridgehead atoms. The van der Waals surface area contributed by atoms with Gasteiger partial charge >= 0.3 is 0 Å². The van der Waals surface area contributed by atoms with Crippen LogP contribution in [0.1, 0.15) is 51.4 Å². The molecule has 0 amide bonds. The molecule has 1 aliphatic heterocycles. The summed E-state index contributed by atoms with van der Waals surface area (Å²) in [5.41, 5.74) is 1.57. The molecule has 0 aromatic heterocycles. The fourth-order valence-electron chi connectivity index (χ4n) is 2.51. The highest BCUT2D eigenvalue weighted by Crippen LogP contribution is 2.27. The minimum atomic E-state index is 0.884. The quantitative estimate of drug-likeness (QED) is 0.529. The molecule has 0 unspecified atom stereocenters. The number of rotatable bonds is 1. The van der Waals surface area contributed by atoms with Crippen molar-refractivity contribution in [3.05, 3.63) is 0 Å². The zero-order chi connectivity index (χ0) is 8.23. The molecule has 12 heavy (non-hydrogen) atoms. The predicted octanol–water partition coefficient (Wildman–Crippen LogP) is 3.19. The molecule has 0 aromatic carbocycles. The molecule has 0 atom stereocenters. The van der Waals surface area contributed by atoms with Crippen molar-refractivity contribution in [3.8, 4) is 0 Å². The Morgan fingerprint density at radius 1 is 0.917 bits per heavy atom. The Labute approximate surface area is 75.3 Å². The van der Waals surface area contributed by atoms with E-state index in [0.717, 1.165) is 12.5 Å².